The molecule has 0 aliphatic carbocycles. The molecule has 2 aromatic rings. The summed E-state index contributed by atoms with van der Waals surface area (Å²) in [6.45, 7) is 4.87. The molecule has 0 aliphatic rings. The van der Waals surface area contributed by atoms with E-state index in [1.807, 2.05) is 31.2 Å². The Kier molecular flexibility index (Phi) is 4.86. The third kappa shape index (κ3) is 3.51. The molecular weight excluding hydrogens is 254 g/mol. The zero-order valence-electron chi connectivity index (χ0n) is 11.4. The van der Waals surface area contributed by atoms with Crippen LogP contribution in [0, 0.1) is 6.92 Å². The summed E-state index contributed by atoms with van der Waals surface area (Å²) >= 11 is 4.30. The van der Waals surface area contributed by atoms with Crippen LogP contribution in [0.1, 0.15) is 24.6 Å². The number of hydrogen-bond donors (Lipinski definition) is 1. The van der Waals surface area contributed by atoms with Gasteiger partial charge in [-0.2, -0.15) is 12.6 Å². The summed E-state index contributed by atoms with van der Waals surface area (Å²) in [5, 5.41) is 0. The van der Waals surface area contributed by atoms with Gasteiger partial charge in [0.1, 0.15) is 5.75 Å². The Labute approximate surface area is 120 Å². The van der Waals surface area contributed by atoms with E-state index in [1.165, 1.54) is 5.56 Å². The molecule has 1 aromatic carbocycles. The quantitative estimate of drug-likeness (QED) is 0.822. The van der Waals surface area contributed by atoms with Crippen LogP contribution in [0.15, 0.2) is 36.4 Å². The van der Waals surface area contributed by atoms with E-state index in [0.29, 0.717) is 0 Å². The molecule has 0 saturated heterocycles. The van der Waals surface area contributed by atoms with E-state index in [0.717, 1.165) is 41.5 Å². The van der Waals surface area contributed by atoms with Gasteiger partial charge in [0.05, 0.1) is 12.3 Å². The van der Waals surface area contributed by atoms with Crippen LogP contribution in [0.5, 0.6) is 5.75 Å². The van der Waals surface area contributed by atoms with Crippen molar-refractivity contribution < 1.29 is 4.74 Å². The number of thiol groups is 1. The number of rotatable bonds is 5. The largest absolute Gasteiger partial charge is 0.494 e. The molecule has 1 heterocycles. The fraction of sp³-hybridized carbons (Fsp3) is 0.312. The second-order valence-electron chi connectivity index (χ2n) is 4.48. The average Bonchev–Trinajstić information content (AvgIpc) is 2.45. The van der Waals surface area contributed by atoms with Gasteiger partial charge in [-0.25, -0.2) is 0 Å². The molecule has 0 radical (unpaired) electrons. The molecule has 0 N–H and O–H groups in total. The highest BCUT2D eigenvalue weighted by atomic mass is 32.1. The van der Waals surface area contributed by atoms with Crippen LogP contribution >= 0.6 is 12.6 Å². The normalized spacial score (nSPS) is 10.5. The first kappa shape index (κ1) is 13.9. The van der Waals surface area contributed by atoms with Crippen molar-refractivity contribution in [1.82, 2.24) is 4.98 Å². The number of nitrogens with zero attached hydrogens (tertiary/aromatic N) is 1. The minimum absolute atomic E-state index is 0.721. The van der Waals surface area contributed by atoms with Crippen molar-refractivity contribution in [3.63, 3.8) is 0 Å². The number of aryl methyl sites for hydroxylation is 1. The lowest BCUT2D eigenvalue weighted by atomic mass is 10.1. The SMILES string of the molecule is CCCOc1cccc(-c2ccc(CS)c(C)n2)c1. The molecule has 2 rings (SSSR count). The first-order valence-corrected chi connectivity index (χ1v) is 7.18. The molecule has 0 bridgehead atoms. The van der Waals surface area contributed by atoms with Gasteiger partial charge < -0.3 is 4.74 Å². The maximum absolute atomic E-state index is 5.65. The van der Waals surface area contributed by atoms with Gasteiger partial charge in [0.25, 0.3) is 0 Å². The van der Waals surface area contributed by atoms with Gasteiger partial charge in [0.2, 0.25) is 0 Å². The Hall–Kier alpha value is -1.48. The summed E-state index contributed by atoms with van der Waals surface area (Å²) in [5.74, 6) is 1.62. The van der Waals surface area contributed by atoms with Gasteiger partial charge in [-0.05, 0) is 37.1 Å². The summed E-state index contributed by atoms with van der Waals surface area (Å²) in [7, 11) is 0. The standard InChI is InChI=1S/C16H19NOS/c1-3-9-18-15-6-4-5-13(10-15)16-8-7-14(11-19)12(2)17-16/h4-8,10,19H,3,9,11H2,1-2H3. The smallest absolute Gasteiger partial charge is 0.119 e. The maximum Gasteiger partial charge on any atom is 0.119 e. The minimum atomic E-state index is 0.721. The van der Waals surface area contributed by atoms with Gasteiger partial charge in [-0.3, -0.25) is 4.98 Å². The molecule has 3 heteroatoms. The summed E-state index contributed by atoms with van der Waals surface area (Å²) in [5.41, 5.74) is 4.27. The number of aromatic nitrogens is 1. The van der Waals surface area contributed by atoms with Gasteiger partial charge >= 0.3 is 0 Å². The molecule has 0 fully saturated rings. The van der Waals surface area contributed by atoms with Crippen LogP contribution in [0.25, 0.3) is 11.3 Å². The van der Waals surface area contributed by atoms with Crippen LogP contribution in [-0.4, -0.2) is 11.6 Å². The van der Waals surface area contributed by atoms with Crippen molar-refractivity contribution in [2.24, 2.45) is 0 Å². The zero-order chi connectivity index (χ0) is 13.7. The Morgan fingerprint density at radius 3 is 2.74 bits per heavy atom. The van der Waals surface area contributed by atoms with Crippen LogP contribution in [0.2, 0.25) is 0 Å². The van der Waals surface area contributed by atoms with E-state index in [9.17, 15) is 0 Å². The first-order valence-electron chi connectivity index (χ1n) is 6.55. The van der Waals surface area contributed by atoms with Crippen LogP contribution in [0.4, 0.5) is 0 Å². The molecular formula is C16H19NOS. The van der Waals surface area contributed by atoms with Crippen molar-refractivity contribution in [2.75, 3.05) is 6.61 Å². The van der Waals surface area contributed by atoms with E-state index < -0.39 is 0 Å². The number of ether oxygens (including phenoxy) is 1. The highest BCUT2D eigenvalue weighted by Gasteiger charge is 2.04. The number of benzene rings is 1. The van der Waals surface area contributed by atoms with Crippen LogP contribution in [0.3, 0.4) is 0 Å². The van der Waals surface area contributed by atoms with Crippen molar-refractivity contribution in [1.29, 1.82) is 0 Å². The monoisotopic (exact) mass is 273 g/mol. The van der Waals surface area contributed by atoms with Gasteiger partial charge in [0.15, 0.2) is 0 Å². The maximum atomic E-state index is 5.65. The average molecular weight is 273 g/mol. The summed E-state index contributed by atoms with van der Waals surface area (Å²) in [6, 6.07) is 12.2. The molecule has 0 unspecified atom stereocenters. The summed E-state index contributed by atoms with van der Waals surface area (Å²) in [6.07, 6.45) is 1.01. The fourth-order valence-electron chi connectivity index (χ4n) is 1.88. The first-order chi connectivity index (χ1) is 9.24. The second kappa shape index (κ2) is 6.62. The van der Waals surface area contributed by atoms with Crippen molar-refractivity contribution in [3.05, 3.63) is 47.7 Å². The summed E-state index contributed by atoms with van der Waals surface area (Å²) < 4.78 is 5.65. The van der Waals surface area contributed by atoms with E-state index >= 15 is 0 Å². The van der Waals surface area contributed by atoms with E-state index in [2.05, 4.69) is 36.7 Å². The molecule has 0 saturated carbocycles. The second-order valence-corrected chi connectivity index (χ2v) is 4.79. The minimum Gasteiger partial charge on any atom is -0.494 e. The van der Waals surface area contributed by atoms with E-state index in [1.54, 1.807) is 0 Å². The number of pyridine rings is 1. The fourth-order valence-corrected chi connectivity index (χ4v) is 2.22. The van der Waals surface area contributed by atoms with Gasteiger partial charge in [-0.15, -0.1) is 0 Å². The third-order valence-electron chi connectivity index (χ3n) is 2.97. The molecule has 0 atom stereocenters. The number of hydrogen-bond acceptors (Lipinski definition) is 3. The summed E-state index contributed by atoms with van der Waals surface area (Å²) in [4.78, 5) is 4.63. The topological polar surface area (TPSA) is 22.1 Å². The Balaban J connectivity index is 2.28. The van der Waals surface area contributed by atoms with Crippen LogP contribution in [-0.2, 0) is 5.75 Å². The van der Waals surface area contributed by atoms with Crippen LogP contribution < -0.4 is 4.74 Å². The van der Waals surface area contributed by atoms with Crippen molar-refractivity contribution in [2.45, 2.75) is 26.0 Å². The highest BCUT2D eigenvalue weighted by Crippen LogP contribution is 2.24. The Bertz CT molecular complexity index is 554. The molecule has 2 nitrogen and oxygen atoms in total. The molecule has 0 aliphatic heterocycles. The predicted octanol–water partition coefficient (Wildman–Crippen LogP) is 4.28. The lowest BCUT2D eigenvalue weighted by molar-refractivity contribution is 0.317. The lowest BCUT2D eigenvalue weighted by Crippen LogP contribution is -1.96. The molecule has 0 spiro atoms. The molecule has 19 heavy (non-hydrogen) atoms. The third-order valence-corrected chi connectivity index (χ3v) is 3.31. The van der Waals surface area contributed by atoms with Gasteiger partial charge in [0, 0.05) is 17.0 Å². The Morgan fingerprint density at radius 1 is 1.21 bits per heavy atom. The molecule has 1 aromatic heterocycles. The van der Waals surface area contributed by atoms with Gasteiger partial charge in [-0.1, -0.05) is 25.1 Å². The zero-order valence-corrected chi connectivity index (χ0v) is 12.3. The van der Waals surface area contributed by atoms with E-state index in [-0.39, 0.29) is 0 Å². The highest BCUT2D eigenvalue weighted by molar-refractivity contribution is 7.79. The molecule has 0 amide bonds. The predicted molar refractivity (Wildman–Crippen MR) is 82.9 cm³/mol. The van der Waals surface area contributed by atoms with E-state index in [4.69, 9.17) is 4.74 Å². The van der Waals surface area contributed by atoms with Crippen molar-refractivity contribution >= 4 is 12.6 Å². The Morgan fingerprint density at radius 2 is 2.05 bits per heavy atom. The van der Waals surface area contributed by atoms with Crippen molar-refractivity contribution in [3.8, 4) is 17.0 Å². The molecule has 100 valence electrons. The lowest BCUT2D eigenvalue weighted by Gasteiger charge is -2.08.